The highest BCUT2D eigenvalue weighted by molar-refractivity contribution is 5.76. The standard InChI is InChI=1S/C79H153NO18/c1-3-5-7-9-11-13-15-17-19-21-23-25-27-28-29-30-31-32-33-35-37-39-41-43-45-47-49-51-53-55-57-67(85)80-62(63(84)56-54-52-50-48-46-44-42-40-38-36-34-26-24-22-20-18-16-14-12-10-8-6-4-2)61-93-77-73(91)70(88)75(65(59-82)95-77)98-79-74(92)71(89)76(66(60-83)96-79)97-78-72(90)69(87)68(86)64(58-81)94-78/h62-66,68-79,81-84,86-92H,3-61H2,1-2H3,(H,80,85). The van der Waals surface area contributed by atoms with Crippen molar-refractivity contribution in [3.05, 3.63) is 0 Å². The molecule has 0 bridgehead atoms. The lowest BCUT2D eigenvalue weighted by Crippen LogP contribution is -2.66. The van der Waals surface area contributed by atoms with E-state index >= 15 is 0 Å². The first-order valence-corrected chi connectivity index (χ1v) is 41.3. The zero-order valence-corrected chi connectivity index (χ0v) is 62.3. The molecule has 98 heavy (non-hydrogen) atoms. The van der Waals surface area contributed by atoms with Crippen LogP contribution in [0, 0.1) is 0 Å². The molecular weight excluding hydrogens is 1250 g/mol. The highest BCUT2D eigenvalue weighted by atomic mass is 16.8. The molecule has 0 radical (unpaired) electrons. The minimum Gasteiger partial charge on any atom is -0.394 e. The molecule has 19 heteroatoms. The number of aliphatic hydroxyl groups excluding tert-OH is 11. The summed E-state index contributed by atoms with van der Waals surface area (Å²) in [7, 11) is 0. The van der Waals surface area contributed by atoms with Crippen LogP contribution in [-0.2, 0) is 33.2 Å². The van der Waals surface area contributed by atoms with Gasteiger partial charge < -0.3 is 89.9 Å². The third kappa shape index (κ3) is 40.9. The molecule has 3 aliphatic rings. The molecule has 12 N–H and O–H groups in total. The van der Waals surface area contributed by atoms with Gasteiger partial charge >= 0.3 is 0 Å². The van der Waals surface area contributed by atoms with E-state index in [1.165, 1.54) is 289 Å². The molecule has 17 unspecified atom stereocenters. The van der Waals surface area contributed by atoms with E-state index in [0.29, 0.717) is 12.8 Å². The van der Waals surface area contributed by atoms with Crippen LogP contribution in [0.2, 0.25) is 0 Å². The predicted molar refractivity (Wildman–Crippen MR) is 388 cm³/mol. The third-order valence-corrected chi connectivity index (χ3v) is 21.2. The molecule has 3 fully saturated rings. The summed E-state index contributed by atoms with van der Waals surface area (Å²) in [5.74, 6) is -0.232. The van der Waals surface area contributed by atoms with Crippen LogP contribution in [0.15, 0.2) is 0 Å². The topological polar surface area (TPSA) is 307 Å². The van der Waals surface area contributed by atoms with E-state index in [1.54, 1.807) is 0 Å². The maximum atomic E-state index is 13.5. The average molecular weight is 1410 g/mol. The number of carbonyl (C=O) groups excluding carboxylic acids is 1. The van der Waals surface area contributed by atoms with Crippen LogP contribution in [0.1, 0.15) is 367 Å². The molecule has 17 atom stereocenters. The van der Waals surface area contributed by atoms with Gasteiger partial charge in [-0.2, -0.15) is 0 Å². The first-order valence-electron chi connectivity index (χ1n) is 41.3. The number of ether oxygens (including phenoxy) is 6. The van der Waals surface area contributed by atoms with Crippen molar-refractivity contribution in [1.82, 2.24) is 5.32 Å². The Bertz CT molecular complexity index is 1770. The van der Waals surface area contributed by atoms with Crippen molar-refractivity contribution >= 4 is 5.91 Å². The first-order chi connectivity index (χ1) is 47.8. The van der Waals surface area contributed by atoms with E-state index in [4.69, 9.17) is 28.4 Å². The Morgan fingerprint density at radius 2 is 0.582 bits per heavy atom. The summed E-state index contributed by atoms with van der Waals surface area (Å²) in [6.45, 7) is 1.88. The molecule has 0 saturated carbocycles. The fourth-order valence-electron chi connectivity index (χ4n) is 14.6. The highest BCUT2D eigenvalue weighted by Crippen LogP contribution is 2.33. The van der Waals surface area contributed by atoms with Crippen LogP contribution < -0.4 is 5.32 Å². The molecule has 0 spiro atoms. The van der Waals surface area contributed by atoms with E-state index < -0.39 is 124 Å². The molecule has 0 aliphatic carbocycles. The Morgan fingerprint density at radius 1 is 0.327 bits per heavy atom. The molecule has 3 aliphatic heterocycles. The normalized spacial score (nSPS) is 26.6. The molecule has 582 valence electrons. The van der Waals surface area contributed by atoms with Crippen LogP contribution in [0.5, 0.6) is 0 Å². The molecule has 3 heterocycles. The van der Waals surface area contributed by atoms with E-state index in [0.717, 1.165) is 44.9 Å². The van der Waals surface area contributed by atoms with Gasteiger partial charge in [0.15, 0.2) is 18.9 Å². The molecule has 0 aromatic rings. The summed E-state index contributed by atoms with van der Waals surface area (Å²) >= 11 is 0. The second-order valence-electron chi connectivity index (χ2n) is 30.0. The number of unbranched alkanes of at least 4 members (excludes halogenated alkanes) is 51. The summed E-state index contributed by atoms with van der Waals surface area (Å²) in [4.78, 5) is 13.5. The van der Waals surface area contributed by atoms with E-state index in [9.17, 15) is 61.0 Å². The van der Waals surface area contributed by atoms with E-state index in [-0.39, 0.29) is 18.9 Å². The Morgan fingerprint density at radius 3 is 0.888 bits per heavy atom. The van der Waals surface area contributed by atoms with Crippen LogP contribution in [0.3, 0.4) is 0 Å². The van der Waals surface area contributed by atoms with Gasteiger partial charge in [0.05, 0.1) is 38.6 Å². The van der Waals surface area contributed by atoms with Gasteiger partial charge in [-0.15, -0.1) is 0 Å². The smallest absolute Gasteiger partial charge is 0.220 e. The van der Waals surface area contributed by atoms with Crippen molar-refractivity contribution in [3.8, 4) is 0 Å². The Kier molecular flexibility index (Phi) is 56.6. The lowest BCUT2D eigenvalue weighted by atomic mass is 9.96. The number of aliphatic hydroxyl groups is 11. The second kappa shape index (κ2) is 61.0. The zero-order valence-electron chi connectivity index (χ0n) is 62.3. The fraction of sp³-hybridized carbons (Fsp3) is 0.987. The highest BCUT2D eigenvalue weighted by Gasteiger charge is 2.54. The summed E-state index contributed by atoms with van der Waals surface area (Å²) in [5, 5.41) is 121. The van der Waals surface area contributed by atoms with Crippen LogP contribution in [0.4, 0.5) is 0 Å². The van der Waals surface area contributed by atoms with Crippen molar-refractivity contribution in [3.63, 3.8) is 0 Å². The summed E-state index contributed by atoms with van der Waals surface area (Å²) in [5.41, 5.74) is 0. The summed E-state index contributed by atoms with van der Waals surface area (Å²) < 4.78 is 34.5. The lowest BCUT2D eigenvalue weighted by Gasteiger charge is -2.48. The second-order valence-corrected chi connectivity index (χ2v) is 30.0. The van der Waals surface area contributed by atoms with Gasteiger partial charge in [-0.3, -0.25) is 4.79 Å². The van der Waals surface area contributed by atoms with Gasteiger partial charge in [-0.1, -0.05) is 348 Å². The molecule has 3 rings (SSSR count). The Hall–Kier alpha value is -1.21. The minimum absolute atomic E-state index is 0.232. The molecule has 0 aromatic carbocycles. The lowest BCUT2D eigenvalue weighted by molar-refractivity contribution is -0.379. The molecular formula is C79H153NO18. The number of amides is 1. The maximum Gasteiger partial charge on any atom is 0.220 e. The van der Waals surface area contributed by atoms with E-state index in [1.807, 2.05) is 0 Å². The van der Waals surface area contributed by atoms with Crippen LogP contribution in [0.25, 0.3) is 0 Å². The molecule has 3 saturated heterocycles. The van der Waals surface area contributed by atoms with Crippen molar-refractivity contribution in [1.29, 1.82) is 0 Å². The first kappa shape index (κ1) is 91.0. The van der Waals surface area contributed by atoms with Gasteiger partial charge in [0.1, 0.15) is 73.2 Å². The molecule has 0 aromatic heterocycles. The Labute approximate surface area is 595 Å². The van der Waals surface area contributed by atoms with Crippen LogP contribution >= 0.6 is 0 Å². The monoisotopic (exact) mass is 1400 g/mol. The van der Waals surface area contributed by atoms with Crippen molar-refractivity contribution in [2.24, 2.45) is 0 Å². The van der Waals surface area contributed by atoms with Crippen molar-refractivity contribution < 1.29 is 89.4 Å². The fourth-order valence-corrected chi connectivity index (χ4v) is 14.6. The third-order valence-electron chi connectivity index (χ3n) is 21.2. The van der Waals surface area contributed by atoms with Crippen molar-refractivity contribution in [2.45, 2.75) is 471 Å². The minimum atomic E-state index is -1.97. The quantitative estimate of drug-likeness (QED) is 0.0252. The Balaban J connectivity index is 1.35. The number of nitrogens with one attached hydrogen (secondary N) is 1. The van der Waals surface area contributed by atoms with Gasteiger partial charge in [-0.25, -0.2) is 0 Å². The summed E-state index contributed by atoms with van der Waals surface area (Å²) in [6, 6.07) is -0.883. The van der Waals surface area contributed by atoms with Crippen LogP contribution in [-0.4, -0.2) is 193 Å². The van der Waals surface area contributed by atoms with Gasteiger partial charge in [0, 0.05) is 6.42 Å². The number of hydrogen-bond donors (Lipinski definition) is 12. The number of rotatable bonds is 67. The molecule has 1 amide bonds. The van der Waals surface area contributed by atoms with Gasteiger partial charge in [0.25, 0.3) is 0 Å². The van der Waals surface area contributed by atoms with Crippen molar-refractivity contribution in [2.75, 3.05) is 26.4 Å². The SMILES string of the molecule is CCCCCCCCCCCCCCCCCCCCCCCCCCCCCCCCC(=O)NC(COC1OC(CO)C(OC2OC(CO)C(OC3OC(CO)C(O)C(O)C3O)C(O)C2O)C(O)C1O)C(O)CCCCCCCCCCCCCCCCCCCCCCCCC. The van der Waals surface area contributed by atoms with Gasteiger partial charge in [0.2, 0.25) is 5.91 Å². The average Bonchev–Trinajstić information content (AvgIpc) is 0.785. The number of hydrogen-bond acceptors (Lipinski definition) is 18. The largest absolute Gasteiger partial charge is 0.394 e. The van der Waals surface area contributed by atoms with E-state index in [2.05, 4.69) is 19.2 Å². The van der Waals surface area contributed by atoms with Gasteiger partial charge in [-0.05, 0) is 12.8 Å². The predicted octanol–water partition coefficient (Wildman–Crippen LogP) is 13.8. The summed E-state index contributed by atoms with van der Waals surface area (Å²) in [6.07, 6.45) is 43.4. The zero-order chi connectivity index (χ0) is 71.1. The molecule has 19 nitrogen and oxygen atoms in total. The number of carbonyl (C=O) groups is 1. The maximum absolute atomic E-state index is 13.5.